The van der Waals surface area contributed by atoms with Crippen LogP contribution in [0.25, 0.3) is 4.85 Å². The molecule has 0 radical (unpaired) electrons. The molecule has 1 heterocycles. The zero-order valence-corrected chi connectivity index (χ0v) is 17.6. The second-order valence-electron chi connectivity index (χ2n) is 7.90. The second kappa shape index (κ2) is 7.77. The Bertz CT molecular complexity index is 1310. The number of nitrogens with zero attached hydrogens (tertiary/aromatic N) is 3. The summed E-state index contributed by atoms with van der Waals surface area (Å²) in [5.41, 5.74) is 4.90. The number of rotatable bonds is 3. The zero-order valence-electron chi connectivity index (χ0n) is 16.8. The van der Waals surface area contributed by atoms with Gasteiger partial charge in [-0.2, -0.15) is 5.10 Å². The Kier molecular flexibility index (Phi) is 4.91. The van der Waals surface area contributed by atoms with Crippen LogP contribution in [-0.4, -0.2) is 16.8 Å². The van der Waals surface area contributed by atoms with Crippen molar-refractivity contribution < 1.29 is 14.3 Å². The van der Waals surface area contributed by atoms with Gasteiger partial charge in [0.05, 0.1) is 29.6 Å². The van der Waals surface area contributed by atoms with Crippen molar-refractivity contribution in [3.05, 3.63) is 105 Å². The molecular weight excluding hydrogens is 429 g/mol. The minimum absolute atomic E-state index is 0.00341. The fourth-order valence-corrected chi connectivity index (χ4v) is 4.80. The Morgan fingerprint density at radius 2 is 1.94 bits per heavy atom. The fourth-order valence-electron chi connectivity index (χ4n) is 4.58. The number of carboxylic acid groups (broad SMARTS) is 1. The summed E-state index contributed by atoms with van der Waals surface area (Å²) in [7, 11) is 0. The van der Waals surface area contributed by atoms with Gasteiger partial charge in [-0.25, -0.2) is 14.0 Å². The molecular formula is C25H17ClFN3O2. The van der Waals surface area contributed by atoms with Crippen molar-refractivity contribution in [2.75, 3.05) is 5.01 Å². The highest BCUT2D eigenvalue weighted by molar-refractivity contribution is 6.33. The number of anilines is 1. The van der Waals surface area contributed by atoms with Crippen LogP contribution >= 0.6 is 11.6 Å². The number of carboxylic acids is 1. The lowest BCUT2D eigenvalue weighted by Gasteiger charge is -2.31. The van der Waals surface area contributed by atoms with Crippen molar-refractivity contribution in [1.29, 1.82) is 0 Å². The summed E-state index contributed by atoms with van der Waals surface area (Å²) in [5.74, 6) is -1.30. The largest absolute Gasteiger partial charge is 0.478 e. The van der Waals surface area contributed by atoms with Crippen LogP contribution < -0.4 is 5.01 Å². The Morgan fingerprint density at radius 3 is 2.62 bits per heavy atom. The van der Waals surface area contributed by atoms with Crippen molar-refractivity contribution in [2.45, 2.75) is 18.9 Å². The number of hydrogen-bond donors (Lipinski definition) is 1. The molecule has 1 aliphatic carbocycles. The van der Waals surface area contributed by atoms with E-state index in [1.807, 2.05) is 11.1 Å². The van der Waals surface area contributed by atoms with Crippen molar-refractivity contribution >= 4 is 34.7 Å². The molecule has 0 amide bonds. The van der Waals surface area contributed by atoms with E-state index in [1.54, 1.807) is 42.5 Å². The third-order valence-corrected chi connectivity index (χ3v) is 6.40. The van der Waals surface area contributed by atoms with Crippen molar-refractivity contribution in [2.24, 2.45) is 11.0 Å². The molecule has 0 saturated carbocycles. The number of hydrazone groups is 1. The van der Waals surface area contributed by atoms with Crippen LogP contribution in [-0.2, 0) is 6.42 Å². The van der Waals surface area contributed by atoms with Crippen LogP contribution in [0.2, 0.25) is 5.02 Å². The van der Waals surface area contributed by atoms with Gasteiger partial charge in [-0.1, -0.05) is 35.9 Å². The molecule has 2 atom stereocenters. The van der Waals surface area contributed by atoms with Gasteiger partial charge in [0.25, 0.3) is 0 Å². The van der Waals surface area contributed by atoms with E-state index in [4.69, 9.17) is 23.3 Å². The standard InChI is InChI=1S/C25H17ClFN3O2/c1-28-22-11-9-18(13-21(22)26)30-24(15-4-7-17(27)8-5-15)19-10-6-14-2-3-16(25(31)32)12-20(14)23(19)29-30/h2-5,7-9,11-13,19,24H,6,10H2,(H,31,32). The van der Waals surface area contributed by atoms with Crippen molar-refractivity contribution in [1.82, 2.24) is 0 Å². The van der Waals surface area contributed by atoms with Gasteiger partial charge in [-0.05, 0) is 60.4 Å². The van der Waals surface area contributed by atoms with Crippen molar-refractivity contribution in [3.63, 3.8) is 0 Å². The summed E-state index contributed by atoms with van der Waals surface area (Å²) in [6.07, 6.45) is 1.62. The van der Waals surface area contributed by atoms with E-state index in [0.717, 1.165) is 40.9 Å². The quantitative estimate of drug-likeness (QED) is 0.484. The lowest BCUT2D eigenvalue weighted by molar-refractivity contribution is 0.0697. The van der Waals surface area contributed by atoms with Gasteiger partial charge in [0.15, 0.2) is 0 Å². The maximum Gasteiger partial charge on any atom is 0.335 e. The molecule has 5 rings (SSSR count). The smallest absolute Gasteiger partial charge is 0.335 e. The molecule has 0 fully saturated rings. The van der Waals surface area contributed by atoms with Gasteiger partial charge in [0, 0.05) is 16.5 Å². The SMILES string of the molecule is [C-]#[N+]c1ccc(N2N=C3c4cc(C(=O)O)ccc4CCC3C2c2ccc(F)cc2)cc1Cl. The van der Waals surface area contributed by atoms with E-state index in [1.165, 1.54) is 12.1 Å². The molecule has 5 nitrogen and oxygen atoms in total. The summed E-state index contributed by atoms with van der Waals surface area (Å²) in [6.45, 7) is 7.24. The van der Waals surface area contributed by atoms with Crippen LogP contribution in [0.1, 0.15) is 39.5 Å². The summed E-state index contributed by atoms with van der Waals surface area (Å²) in [5, 5.41) is 16.6. The Morgan fingerprint density at radius 1 is 1.16 bits per heavy atom. The first-order valence-electron chi connectivity index (χ1n) is 10.1. The van der Waals surface area contributed by atoms with Gasteiger partial charge in [-0.15, -0.1) is 0 Å². The summed E-state index contributed by atoms with van der Waals surface area (Å²) < 4.78 is 13.6. The van der Waals surface area contributed by atoms with E-state index >= 15 is 0 Å². The van der Waals surface area contributed by atoms with E-state index < -0.39 is 5.97 Å². The van der Waals surface area contributed by atoms with E-state index in [0.29, 0.717) is 10.7 Å². The highest BCUT2D eigenvalue weighted by Gasteiger charge is 2.42. The van der Waals surface area contributed by atoms with Crippen LogP contribution in [0, 0.1) is 18.3 Å². The molecule has 3 aromatic carbocycles. The first-order chi connectivity index (χ1) is 15.5. The predicted molar refractivity (Wildman–Crippen MR) is 121 cm³/mol. The molecule has 7 heteroatoms. The molecule has 3 aromatic rings. The third-order valence-electron chi connectivity index (χ3n) is 6.10. The normalized spacial score (nSPS) is 19.0. The minimum atomic E-state index is -0.984. The highest BCUT2D eigenvalue weighted by Crippen LogP contribution is 2.46. The van der Waals surface area contributed by atoms with Gasteiger partial charge in [0.2, 0.25) is 5.69 Å². The molecule has 32 heavy (non-hydrogen) atoms. The summed E-state index contributed by atoms with van der Waals surface area (Å²) in [6, 6.07) is 16.5. The maximum atomic E-state index is 13.6. The number of aryl methyl sites for hydroxylation is 1. The van der Waals surface area contributed by atoms with Crippen molar-refractivity contribution in [3.8, 4) is 0 Å². The molecule has 0 saturated heterocycles. The second-order valence-corrected chi connectivity index (χ2v) is 8.30. The molecule has 0 spiro atoms. The number of halogens is 2. The topological polar surface area (TPSA) is 57.3 Å². The maximum absolute atomic E-state index is 13.6. The van der Waals surface area contributed by atoms with Crippen LogP contribution in [0.5, 0.6) is 0 Å². The Balaban J connectivity index is 1.66. The van der Waals surface area contributed by atoms with Crippen LogP contribution in [0.4, 0.5) is 15.8 Å². The van der Waals surface area contributed by atoms with E-state index in [2.05, 4.69) is 4.85 Å². The minimum Gasteiger partial charge on any atom is -0.478 e. The molecule has 2 aliphatic rings. The van der Waals surface area contributed by atoms with E-state index in [-0.39, 0.29) is 23.3 Å². The van der Waals surface area contributed by atoms with Crippen LogP contribution in [0.3, 0.4) is 0 Å². The van der Waals surface area contributed by atoms with E-state index in [9.17, 15) is 14.3 Å². The summed E-state index contributed by atoms with van der Waals surface area (Å²) in [4.78, 5) is 15.0. The third kappa shape index (κ3) is 3.31. The molecule has 0 bridgehead atoms. The average molecular weight is 446 g/mol. The number of hydrogen-bond acceptors (Lipinski definition) is 3. The first kappa shape index (κ1) is 20.2. The van der Waals surface area contributed by atoms with Gasteiger partial charge in [-0.3, -0.25) is 5.01 Å². The van der Waals surface area contributed by atoms with Gasteiger partial charge < -0.3 is 5.11 Å². The highest BCUT2D eigenvalue weighted by atomic mass is 35.5. The predicted octanol–water partition coefficient (Wildman–Crippen LogP) is 6.26. The fraction of sp³-hybridized carbons (Fsp3) is 0.160. The Labute approximate surface area is 189 Å². The zero-order chi connectivity index (χ0) is 22.4. The molecule has 2 unspecified atom stereocenters. The number of benzene rings is 3. The molecule has 0 aromatic heterocycles. The molecule has 1 N–H and O–H groups in total. The molecule has 1 aliphatic heterocycles. The lowest BCUT2D eigenvalue weighted by Crippen LogP contribution is -2.29. The summed E-state index contributed by atoms with van der Waals surface area (Å²) >= 11 is 6.31. The van der Waals surface area contributed by atoms with Gasteiger partial charge in [0.1, 0.15) is 5.82 Å². The number of aromatic carboxylic acids is 1. The lowest BCUT2D eigenvalue weighted by atomic mass is 9.77. The monoisotopic (exact) mass is 445 g/mol. The average Bonchev–Trinajstić information content (AvgIpc) is 3.19. The Hall–Kier alpha value is -3.69. The first-order valence-corrected chi connectivity index (χ1v) is 10.5. The number of fused-ring (bicyclic) bond motifs is 3. The number of carbonyl (C=O) groups is 1. The van der Waals surface area contributed by atoms with Crippen LogP contribution in [0.15, 0.2) is 65.8 Å². The van der Waals surface area contributed by atoms with Gasteiger partial charge >= 0.3 is 5.97 Å². The molecule has 158 valence electrons.